The van der Waals surface area contributed by atoms with Crippen molar-refractivity contribution in [2.24, 2.45) is 10.2 Å². The van der Waals surface area contributed by atoms with Crippen LogP contribution < -0.4 is 37.3 Å². The van der Waals surface area contributed by atoms with E-state index in [1.807, 2.05) is 27.7 Å². The Morgan fingerprint density at radius 2 is 1.49 bits per heavy atom. The van der Waals surface area contributed by atoms with Gasteiger partial charge in [-0.2, -0.15) is 15.0 Å². The maximum Gasteiger partial charge on any atom is 0.234 e. The molecule has 0 spiro atoms. The summed E-state index contributed by atoms with van der Waals surface area (Å²) in [5.41, 5.74) is 7.09. The first-order chi connectivity index (χ1) is 20.9. The molecule has 10 N–H and O–H groups in total. The summed E-state index contributed by atoms with van der Waals surface area (Å²) in [6.07, 6.45) is 0. The number of rotatable bonds is 10. The van der Waals surface area contributed by atoms with Crippen LogP contribution in [0.4, 0.5) is 34.9 Å². The van der Waals surface area contributed by atoms with E-state index < -0.39 is 44.2 Å². The smallest absolute Gasteiger partial charge is 0.234 e. The van der Waals surface area contributed by atoms with Crippen molar-refractivity contribution >= 4 is 62.3 Å². The van der Waals surface area contributed by atoms with E-state index in [0.717, 1.165) is 6.07 Å². The van der Waals surface area contributed by atoms with Crippen LogP contribution in [-0.2, 0) is 14.9 Å². The molecular formula is C27H34N10O7S. The van der Waals surface area contributed by atoms with E-state index in [4.69, 9.17) is 14.6 Å². The van der Waals surface area contributed by atoms with Gasteiger partial charge in [-0.1, -0.05) is 12.1 Å². The second kappa shape index (κ2) is 13.6. The minimum absolute atomic E-state index is 0.158. The quantitative estimate of drug-likeness (QED) is 0.0609. The van der Waals surface area contributed by atoms with E-state index >= 15 is 0 Å². The summed E-state index contributed by atoms with van der Waals surface area (Å²) < 4.78 is 41.8. The summed E-state index contributed by atoms with van der Waals surface area (Å²) in [5.74, 6) is 0.507. The Labute approximate surface area is 258 Å². The summed E-state index contributed by atoms with van der Waals surface area (Å²) in [7, 11) is -3.62. The molecular weight excluding hydrogens is 608 g/mol. The van der Waals surface area contributed by atoms with Crippen molar-refractivity contribution in [3.05, 3.63) is 48.5 Å². The number of nitrogens with zero attached hydrogens (tertiary/aromatic N) is 5. The number of phenols is 1. The number of azo groups is 1. The van der Waals surface area contributed by atoms with Gasteiger partial charge >= 0.3 is 0 Å². The van der Waals surface area contributed by atoms with Gasteiger partial charge in [0.15, 0.2) is 17.1 Å². The lowest BCUT2D eigenvalue weighted by molar-refractivity contribution is -0.455. The minimum Gasteiger partial charge on any atom is -0.744 e. The molecule has 0 fully saturated rings. The highest BCUT2D eigenvalue weighted by Gasteiger charge is 2.22. The average Bonchev–Trinajstić information content (AvgIpc) is 2.90. The van der Waals surface area contributed by atoms with Gasteiger partial charge in [0, 0.05) is 45.2 Å². The van der Waals surface area contributed by atoms with Crippen LogP contribution in [0.2, 0.25) is 0 Å². The number of methoxy groups -OCH3 is 1. The maximum atomic E-state index is 12.2. The normalized spacial score (nSPS) is 11.9. The fourth-order valence-corrected chi connectivity index (χ4v) is 4.46. The SMILES string of the molecule is COc1ccccc1N=Nc1c(S(=O)(=O)[O-])cc2cc(Nc3nc(NC(C)(C)[NH3+])nc(NC(C)(C)[NH3+])n3)ccc2c1O.O=C[O-]. The molecule has 18 heteroatoms. The zero-order chi connectivity index (χ0) is 33.6. The van der Waals surface area contributed by atoms with Crippen LogP contribution >= 0.6 is 0 Å². The van der Waals surface area contributed by atoms with Gasteiger partial charge < -0.3 is 51.7 Å². The van der Waals surface area contributed by atoms with Crippen LogP contribution in [0.1, 0.15) is 27.7 Å². The summed E-state index contributed by atoms with van der Waals surface area (Å²) in [6, 6.07) is 12.4. The van der Waals surface area contributed by atoms with Crippen molar-refractivity contribution in [1.82, 2.24) is 15.0 Å². The lowest BCUT2D eigenvalue weighted by atomic mass is 10.1. The third-order valence-electron chi connectivity index (χ3n) is 5.46. The van der Waals surface area contributed by atoms with Crippen LogP contribution in [0.5, 0.6) is 11.5 Å². The fourth-order valence-electron chi connectivity index (χ4n) is 3.81. The molecule has 45 heavy (non-hydrogen) atoms. The predicted molar refractivity (Wildman–Crippen MR) is 161 cm³/mol. The lowest BCUT2D eigenvalue weighted by Crippen LogP contribution is -2.73. The third kappa shape index (κ3) is 9.66. The molecule has 0 radical (unpaired) electrons. The topological polar surface area (TPSA) is 282 Å². The van der Waals surface area contributed by atoms with Gasteiger partial charge in [0.05, 0.1) is 12.0 Å². The molecule has 4 aromatic rings. The number of carboxylic acid groups (broad SMARTS) is 1. The number of benzene rings is 3. The van der Waals surface area contributed by atoms with Gasteiger partial charge in [0.1, 0.15) is 27.2 Å². The summed E-state index contributed by atoms with van der Waals surface area (Å²) in [6.45, 7) is 6.90. The largest absolute Gasteiger partial charge is 0.744 e. The van der Waals surface area contributed by atoms with Gasteiger partial charge in [-0.25, -0.2) is 8.42 Å². The zero-order valence-electron chi connectivity index (χ0n) is 25.2. The molecule has 17 nitrogen and oxygen atoms in total. The van der Waals surface area contributed by atoms with Gasteiger partial charge in [0.2, 0.25) is 17.8 Å². The third-order valence-corrected chi connectivity index (χ3v) is 6.31. The number of para-hydroxylation sites is 1. The van der Waals surface area contributed by atoms with E-state index in [2.05, 4.69) is 52.6 Å². The summed E-state index contributed by atoms with van der Waals surface area (Å²) in [4.78, 5) is 20.7. The zero-order valence-corrected chi connectivity index (χ0v) is 26.0. The maximum absolute atomic E-state index is 12.2. The number of hydrogen-bond acceptors (Lipinski definition) is 15. The molecule has 1 heterocycles. The Morgan fingerprint density at radius 1 is 0.933 bits per heavy atom. The van der Waals surface area contributed by atoms with Crippen LogP contribution in [0.25, 0.3) is 10.8 Å². The van der Waals surface area contributed by atoms with Gasteiger partial charge in [-0.05, 0) is 41.8 Å². The fraction of sp³-hybridized carbons (Fsp3) is 0.259. The molecule has 0 atom stereocenters. The second-order valence-corrected chi connectivity index (χ2v) is 12.2. The minimum atomic E-state index is -5.06. The molecule has 1 aromatic heterocycles. The van der Waals surface area contributed by atoms with Crippen LogP contribution in [-0.4, -0.2) is 57.9 Å². The van der Waals surface area contributed by atoms with Crippen LogP contribution in [0.3, 0.4) is 0 Å². The molecule has 0 aliphatic rings. The Kier molecular flexibility index (Phi) is 10.4. The molecule has 0 amide bonds. The highest BCUT2D eigenvalue weighted by atomic mass is 32.2. The number of anilines is 4. The highest BCUT2D eigenvalue weighted by Crippen LogP contribution is 2.42. The molecule has 0 bridgehead atoms. The number of phenolic OH excluding ortho intramolecular Hbond substituents is 1. The Hall–Kier alpha value is -5.17. The number of aromatic nitrogens is 3. The number of carbonyl (C=O) groups excluding carboxylic acids is 1. The first kappa shape index (κ1) is 34.3. The lowest BCUT2D eigenvalue weighted by Gasteiger charge is -2.20. The molecule has 3 aromatic carbocycles. The van der Waals surface area contributed by atoms with Crippen molar-refractivity contribution in [2.45, 2.75) is 43.9 Å². The van der Waals surface area contributed by atoms with E-state index in [0.29, 0.717) is 11.4 Å². The predicted octanol–water partition coefficient (Wildman–Crippen LogP) is 0.948. The van der Waals surface area contributed by atoms with Gasteiger partial charge in [0.25, 0.3) is 0 Å². The Bertz CT molecular complexity index is 1790. The van der Waals surface area contributed by atoms with Crippen molar-refractivity contribution in [2.75, 3.05) is 23.1 Å². The van der Waals surface area contributed by atoms with Gasteiger partial charge in [-0.15, -0.1) is 10.2 Å². The van der Waals surface area contributed by atoms with Crippen molar-refractivity contribution in [3.8, 4) is 11.5 Å². The summed E-state index contributed by atoms with van der Waals surface area (Å²) >= 11 is 0. The van der Waals surface area contributed by atoms with E-state index in [9.17, 15) is 18.1 Å². The number of fused-ring (bicyclic) bond motifs is 1. The Balaban J connectivity index is 0.00000177. The molecule has 0 aliphatic heterocycles. The van der Waals surface area contributed by atoms with Crippen molar-refractivity contribution in [3.63, 3.8) is 0 Å². The van der Waals surface area contributed by atoms with Crippen molar-refractivity contribution in [1.29, 1.82) is 0 Å². The first-order valence-electron chi connectivity index (χ1n) is 13.1. The van der Waals surface area contributed by atoms with Crippen LogP contribution in [0, 0.1) is 0 Å². The Morgan fingerprint density at radius 3 is 2.02 bits per heavy atom. The monoisotopic (exact) mass is 642 g/mol. The number of carbonyl (C=O) groups is 1. The van der Waals surface area contributed by atoms with E-state index in [-0.39, 0.29) is 34.3 Å². The number of nitrogens with one attached hydrogen (secondary N) is 3. The van der Waals surface area contributed by atoms with Gasteiger partial charge in [-0.3, -0.25) is 0 Å². The number of hydrogen-bond donors (Lipinski definition) is 6. The second-order valence-electron chi connectivity index (χ2n) is 10.9. The molecule has 0 aliphatic carbocycles. The number of aromatic hydroxyl groups is 1. The standard InChI is InChI=1S/C26H32N10O5S.CH2O2/c1-25(2,27)33-23-30-22(31-24(32-23)34-26(3,4)28)29-15-10-11-16-14(12-15)13-19(42(38,39)40)20(21(16)37)36-35-17-8-6-7-9-18(17)41-5;2-1-3/h6-13,37H,27-28H2,1-5H3,(H,38,39,40)(H3,29,30,31,32,33,34);1H,(H,2,3). The molecule has 0 saturated carbocycles. The number of quaternary nitrogens is 2. The average molecular weight is 643 g/mol. The highest BCUT2D eigenvalue weighted by molar-refractivity contribution is 7.86. The molecule has 0 saturated heterocycles. The molecule has 4 rings (SSSR count). The first-order valence-corrected chi connectivity index (χ1v) is 14.5. The summed E-state index contributed by atoms with van der Waals surface area (Å²) in [5, 5.41) is 36.9. The molecule has 240 valence electrons. The van der Waals surface area contributed by atoms with E-state index in [1.54, 1.807) is 30.3 Å². The number of ether oxygens (including phenoxy) is 1. The van der Waals surface area contributed by atoms with E-state index in [1.165, 1.54) is 19.2 Å². The van der Waals surface area contributed by atoms with Crippen molar-refractivity contribution < 1.29 is 44.2 Å². The molecule has 0 unspecified atom stereocenters. The van der Waals surface area contributed by atoms with Crippen LogP contribution in [0.15, 0.2) is 63.7 Å².